The minimum absolute atomic E-state index is 0.0933. The average Bonchev–Trinajstić information content (AvgIpc) is 2.38. The average molecular weight is 307 g/mol. The van der Waals surface area contributed by atoms with Crippen LogP contribution in [0.2, 0.25) is 5.02 Å². The number of halogens is 1. The fraction of sp³-hybridized carbons (Fsp3) is 0.471. The Morgan fingerprint density at radius 2 is 2.00 bits per heavy atom. The van der Waals surface area contributed by atoms with Crippen LogP contribution in [-0.2, 0) is 0 Å². The highest BCUT2D eigenvalue weighted by atomic mass is 35.5. The van der Waals surface area contributed by atoms with Gasteiger partial charge in [-0.2, -0.15) is 0 Å². The van der Waals surface area contributed by atoms with Crippen molar-refractivity contribution in [3.8, 4) is 0 Å². The second kappa shape index (κ2) is 6.10. The van der Waals surface area contributed by atoms with Crippen molar-refractivity contribution in [2.45, 2.75) is 33.6 Å². The normalized spacial score (nSPS) is 23.6. The van der Waals surface area contributed by atoms with Crippen molar-refractivity contribution in [1.29, 1.82) is 0 Å². The third-order valence-corrected chi connectivity index (χ3v) is 4.19. The van der Waals surface area contributed by atoms with E-state index in [2.05, 4.69) is 43.6 Å². The van der Waals surface area contributed by atoms with Crippen molar-refractivity contribution in [2.24, 2.45) is 10.8 Å². The van der Waals surface area contributed by atoms with Gasteiger partial charge >= 0.3 is 6.03 Å². The quantitative estimate of drug-likeness (QED) is 0.770. The molecule has 0 saturated carbocycles. The lowest BCUT2D eigenvalue weighted by Crippen LogP contribution is -2.41. The fourth-order valence-electron chi connectivity index (χ4n) is 3.05. The third-order valence-electron chi connectivity index (χ3n) is 3.86. The summed E-state index contributed by atoms with van der Waals surface area (Å²) in [5, 5.41) is 6.29. The van der Waals surface area contributed by atoms with Crippen LogP contribution in [0.5, 0.6) is 0 Å². The number of amides is 2. The topological polar surface area (TPSA) is 41.1 Å². The summed E-state index contributed by atoms with van der Waals surface area (Å²) in [5.41, 5.74) is 0.912. The Balaban J connectivity index is 1.90. The molecule has 0 aromatic heterocycles. The van der Waals surface area contributed by atoms with Gasteiger partial charge < -0.3 is 10.6 Å². The maximum atomic E-state index is 12.0. The van der Waals surface area contributed by atoms with Gasteiger partial charge in [-0.3, -0.25) is 0 Å². The Labute approximate surface area is 131 Å². The van der Waals surface area contributed by atoms with Gasteiger partial charge in [-0.05, 0) is 35.8 Å². The van der Waals surface area contributed by atoms with Crippen LogP contribution in [0.4, 0.5) is 10.5 Å². The zero-order valence-electron chi connectivity index (χ0n) is 12.9. The van der Waals surface area contributed by atoms with Crippen molar-refractivity contribution in [3.05, 3.63) is 41.4 Å². The number of benzene rings is 1. The summed E-state index contributed by atoms with van der Waals surface area (Å²) in [6.07, 6.45) is 6.53. The number of nitrogens with one attached hydrogen (secondary N) is 2. The van der Waals surface area contributed by atoms with E-state index < -0.39 is 0 Å². The molecule has 114 valence electrons. The van der Waals surface area contributed by atoms with E-state index in [-0.39, 0.29) is 16.9 Å². The van der Waals surface area contributed by atoms with E-state index >= 15 is 0 Å². The summed E-state index contributed by atoms with van der Waals surface area (Å²) in [5.74, 6) is 0. The lowest BCUT2D eigenvalue weighted by atomic mass is 9.68. The summed E-state index contributed by atoms with van der Waals surface area (Å²) >= 11 is 6.03. The fourth-order valence-corrected chi connectivity index (χ4v) is 3.23. The molecule has 2 rings (SSSR count). The summed E-state index contributed by atoms with van der Waals surface area (Å²) in [6.45, 7) is 7.32. The standard InChI is InChI=1S/C17H23ClN2O/c1-16(2)9-6-10-17(3,11-16)12-19-15(21)20-14-8-5-4-7-13(14)18/h4-9H,10-12H2,1-3H3,(H2,19,20,21). The molecule has 1 aromatic carbocycles. The van der Waals surface area contributed by atoms with E-state index in [1.165, 1.54) is 0 Å². The zero-order chi connectivity index (χ0) is 15.5. The minimum Gasteiger partial charge on any atom is -0.337 e. The van der Waals surface area contributed by atoms with Crippen LogP contribution in [0.3, 0.4) is 0 Å². The molecule has 0 fully saturated rings. The number of urea groups is 1. The molecule has 0 heterocycles. The number of carbonyl (C=O) groups excluding carboxylic acids is 1. The monoisotopic (exact) mass is 306 g/mol. The van der Waals surface area contributed by atoms with E-state index in [4.69, 9.17) is 11.6 Å². The van der Waals surface area contributed by atoms with Crippen LogP contribution >= 0.6 is 11.6 Å². The first-order chi connectivity index (χ1) is 9.80. The molecule has 0 aliphatic heterocycles. The Morgan fingerprint density at radius 1 is 1.29 bits per heavy atom. The van der Waals surface area contributed by atoms with E-state index in [0.717, 1.165) is 12.8 Å². The molecule has 2 amide bonds. The molecule has 0 radical (unpaired) electrons. The van der Waals surface area contributed by atoms with Gasteiger partial charge in [-0.1, -0.05) is 56.7 Å². The van der Waals surface area contributed by atoms with Gasteiger partial charge in [-0.15, -0.1) is 0 Å². The highest BCUT2D eigenvalue weighted by Gasteiger charge is 2.33. The van der Waals surface area contributed by atoms with Crippen molar-refractivity contribution in [3.63, 3.8) is 0 Å². The first-order valence-corrected chi connectivity index (χ1v) is 7.65. The molecule has 0 saturated heterocycles. The van der Waals surface area contributed by atoms with Gasteiger partial charge in [0, 0.05) is 6.54 Å². The van der Waals surface area contributed by atoms with Crippen molar-refractivity contribution in [1.82, 2.24) is 5.32 Å². The summed E-state index contributed by atoms with van der Waals surface area (Å²) in [6, 6.07) is 7.01. The molecule has 2 N–H and O–H groups in total. The van der Waals surface area contributed by atoms with Crippen LogP contribution in [0.15, 0.2) is 36.4 Å². The van der Waals surface area contributed by atoms with Crippen LogP contribution < -0.4 is 10.6 Å². The summed E-state index contributed by atoms with van der Waals surface area (Å²) < 4.78 is 0. The Kier molecular flexibility index (Phi) is 4.62. The van der Waals surface area contributed by atoms with Gasteiger partial charge in [0.1, 0.15) is 0 Å². The van der Waals surface area contributed by atoms with Crippen LogP contribution in [0.1, 0.15) is 33.6 Å². The van der Waals surface area contributed by atoms with Crippen LogP contribution in [-0.4, -0.2) is 12.6 Å². The predicted molar refractivity (Wildman–Crippen MR) is 88.7 cm³/mol. The molecule has 1 unspecified atom stereocenters. The number of hydrogen-bond donors (Lipinski definition) is 2. The molecule has 1 aromatic rings. The number of hydrogen-bond acceptors (Lipinski definition) is 1. The molecule has 3 nitrogen and oxygen atoms in total. The Hall–Kier alpha value is -1.48. The number of para-hydroxylation sites is 1. The number of allylic oxidation sites excluding steroid dienone is 2. The van der Waals surface area contributed by atoms with Gasteiger partial charge in [0.25, 0.3) is 0 Å². The molecule has 1 atom stereocenters. The lowest BCUT2D eigenvalue weighted by Gasteiger charge is -2.39. The third kappa shape index (κ3) is 4.50. The molecular formula is C17H23ClN2O. The Morgan fingerprint density at radius 3 is 2.67 bits per heavy atom. The molecule has 0 bridgehead atoms. The second-order valence-corrected chi connectivity index (χ2v) is 7.28. The minimum atomic E-state index is -0.211. The predicted octanol–water partition coefficient (Wildman–Crippen LogP) is 4.84. The molecule has 21 heavy (non-hydrogen) atoms. The summed E-state index contributed by atoms with van der Waals surface area (Å²) in [4.78, 5) is 12.0. The number of rotatable bonds is 3. The van der Waals surface area contributed by atoms with Crippen molar-refractivity contribution < 1.29 is 4.79 Å². The maximum Gasteiger partial charge on any atom is 0.319 e. The zero-order valence-corrected chi connectivity index (χ0v) is 13.6. The van der Waals surface area contributed by atoms with Gasteiger partial charge in [0.15, 0.2) is 0 Å². The highest BCUT2D eigenvalue weighted by Crippen LogP contribution is 2.41. The van der Waals surface area contributed by atoms with Crippen molar-refractivity contribution >= 4 is 23.3 Å². The SMILES string of the molecule is CC1(C)C=CCC(C)(CNC(=O)Nc2ccccc2Cl)C1. The van der Waals surface area contributed by atoms with Gasteiger partial charge in [0.2, 0.25) is 0 Å². The van der Waals surface area contributed by atoms with Gasteiger partial charge in [0.05, 0.1) is 10.7 Å². The molecule has 4 heteroatoms. The van der Waals surface area contributed by atoms with E-state index in [1.807, 2.05) is 12.1 Å². The summed E-state index contributed by atoms with van der Waals surface area (Å²) in [7, 11) is 0. The number of anilines is 1. The largest absolute Gasteiger partial charge is 0.337 e. The molecule has 1 aliphatic carbocycles. The lowest BCUT2D eigenvalue weighted by molar-refractivity contribution is 0.191. The smallest absolute Gasteiger partial charge is 0.319 e. The molecular weight excluding hydrogens is 284 g/mol. The molecule has 1 aliphatic rings. The van der Waals surface area contributed by atoms with E-state index in [0.29, 0.717) is 17.3 Å². The van der Waals surface area contributed by atoms with Crippen LogP contribution in [0.25, 0.3) is 0 Å². The van der Waals surface area contributed by atoms with Gasteiger partial charge in [-0.25, -0.2) is 4.79 Å². The Bertz CT molecular complexity index is 553. The van der Waals surface area contributed by atoms with E-state index in [1.54, 1.807) is 12.1 Å². The second-order valence-electron chi connectivity index (χ2n) is 6.87. The van der Waals surface area contributed by atoms with Crippen molar-refractivity contribution in [2.75, 3.05) is 11.9 Å². The van der Waals surface area contributed by atoms with E-state index in [9.17, 15) is 4.79 Å². The van der Waals surface area contributed by atoms with Crippen LogP contribution in [0, 0.1) is 10.8 Å². The number of carbonyl (C=O) groups is 1. The first-order valence-electron chi connectivity index (χ1n) is 7.27. The molecule has 0 spiro atoms. The maximum absolute atomic E-state index is 12.0. The first kappa shape index (κ1) is 15.9. The highest BCUT2D eigenvalue weighted by molar-refractivity contribution is 6.33.